The van der Waals surface area contributed by atoms with Crippen molar-refractivity contribution < 1.29 is 14.7 Å². The largest absolute Gasteiger partial charge is 0.481 e. The molecule has 0 spiro atoms. The molecule has 1 amide bonds. The monoisotopic (exact) mass is 264 g/mol. The summed E-state index contributed by atoms with van der Waals surface area (Å²) in [5.74, 6) is -1.95. The zero-order valence-corrected chi connectivity index (χ0v) is 11.2. The lowest BCUT2D eigenvalue weighted by molar-refractivity contribution is -0.139. The van der Waals surface area contributed by atoms with E-state index in [9.17, 15) is 14.7 Å². The SMILES string of the molecule is CC(C)(CN)C(=O)NCC(C(=O)O)c1ccccc1. The number of carbonyl (C=O) groups is 2. The lowest BCUT2D eigenvalue weighted by Crippen LogP contribution is -2.43. The summed E-state index contributed by atoms with van der Waals surface area (Å²) >= 11 is 0. The van der Waals surface area contributed by atoms with Gasteiger partial charge in [-0.15, -0.1) is 0 Å². The third kappa shape index (κ3) is 4.06. The van der Waals surface area contributed by atoms with E-state index in [2.05, 4.69) is 5.32 Å². The van der Waals surface area contributed by atoms with Crippen molar-refractivity contribution in [2.45, 2.75) is 19.8 Å². The molecule has 1 unspecified atom stereocenters. The number of nitrogens with two attached hydrogens (primary N) is 1. The second kappa shape index (κ2) is 6.33. The molecule has 0 radical (unpaired) electrons. The number of carboxylic acids is 1. The average Bonchev–Trinajstić information content (AvgIpc) is 2.39. The molecule has 0 aliphatic heterocycles. The summed E-state index contributed by atoms with van der Waals surface area (Å²) in [6.07, 6.45) is 0. The van der Waals surface area contributed by atoms with Crippen molar-refractivity contribution in [3.8, 4) is 0 Å². The second-order valence-electron chi connectivity index (χ2n) is 5.10. The standard InChI is InChI=1S/C14H20N2O3/c1-14(2,9-15)13(19)16-8-11(12(17)18)10-6-4-3-5-7-10/h3-7,11H,8-9,15H2,1-2H3,(H,16,19)(H,17,18). The first-order valence-corrected chi connectivity index (χ1v) is 6.14. The van der Waals surface area contributed by atoms with Crippen molar-refractivity contribution in [1.82, 2.24) is 5.32 Å². The molecule has 4 N–H and O–H groups in total. The van der Waals surface area contributed by atoms with Gasteiger partial charge in [-0.3, -0.25) is 9.59 Å². The van der Waals surface area contributed by atoms with Crippen LogP contribution in [0.5, 0.6) is 0 Å². The summed E-state index contributed by atoms with van der Waals surface area (Å²) in [5, 5.41) is 11.9. The maximum absolute atomic E-state index is 11.9. The molecule has 0 saturated heterocycles. The van der Waals surface area contributed by atoms with Crippen molar-refractivity contribution in [3.63, 3.8) is 0 Å². The van der Waals surface area contributed by atoms with Gasteiger partial charge in [0.25, 0.3) is 0 Å². The van der Waals surface area contributed by atoms with Crippen LogP contribution in [-0.2, 0) is 9.59 Å². The molecule has 0 aromatic heterocycles. The van der Waals surface area contributed by atoms with E-state index in [0.29, 0.717) is 5.56 Å². The fourth-order valence-electron chi connectivity index (χ4n) is 1.56. The number of aliphatic carboxylic acids is 1. The lowest BCUT2D eigenvalue weighted by Gasteiger charge is -2.22. The van der Waals surface area contributed by atoms with Gasteiger partial charge in [0, 0.05) is 13.1 Å². The zero-order chi connectivity index (χ0) is 14.5. The molecule has 0 heterocycles. The van der Waals surface area contributed by atoms with E-state index < -0.39 is 17.3 Å². The van der Waals surface area contributed by atoms with E-state index in [1.807, 2.05) is 6.07 Å². The highest BCUT2D eigenvalue weighted by molar-refractivity contribution is 5.83. The Morgan fingerprint density at radius 3 is 2.37 bits per heavy atom. The van der Waals surface area contributed by atoms with Crippen LogP contribution in [0, 0.1) is 5.41 Å². The molecule has 1 atom stereocenters. The Morgan fingerprint density at radius 2 is 1.89 bits per heavy atom. The molecule has 5 nitrogen and oxygen atoms in total. The number of rotatable bonds is 6. The van der Waals surface area contributed by atoms with Gasteiger partial charge < -0.3 is 16.2 Å². The maximum Gasteiger partial charge on any atom is 0.312 e. The van der Waals surface area contributed by atoms with E-state index in [0.717, 1.165) is 0 Å². The average molecular weight is 264 g/mol. The van der Waals surface area contributed by atoms with Crippen LogP contribution in [0.15, 0.2) is 30.3 Å². The minimum atomic E-state index is -0.961. The smallest absolute Gasteiger partial charge is 0.312 e. The maximum atomic E-state index is 11.9. The lowest BCUT2D eigenvalue weighted by atomic mass is 9.92. The Labute approximate surface area is 112 Å². The van der Waals surface area contributed by atoms with Crippen molar-refractivity contribution in [2.75, 3.05) is 13.1 Å². The van der Waals surface area contributed by atoms with Crippen molar-refractivity contribution in [1.29, 1.82) is 0 Å². The summed E-state index contributed by atoms with van der Waals surface area (Å²) in [6.45, 7) is 3.71. The Kier molecular flexibility index (Phi) is 5.06. The molecule has 104 valence electrons. The van der Waals surface area contributed by atoms with Gasteiger partial charge in [0.05, 0.1) is 11.3 Å². The van der Waals surface area contributed by atoms with Crippen LogP contribution in [0.2, 0.25) is 0 Å². The third-order valence-corrected chi connectivity index (χ3v) is 3.09. The van der Waals surface area contributed by atoms with Crippen LogP contribution in [0.1, 0.15) is 25.3 Å². The summed E-state index contributed by atoms with van der Waals surface area (Å²) in [4.78, 5) is 23.1. The highest BCUT2D eigenvalue weighted by Gasteiger charge is 2.27. The number of hydrogen-bond donors (Lipinski definition) is 3. The van der Waals surface area contributed by atoms with Crippen LogP contribution in [-0.4, -0.2) is 30.1 Å². The summed E-state index contributed by atoms with van der Waals surface area (Å²) < 4.78 is 0. The molecule has 1 aromatic rings. The van der Waals surface area contributed by atoms with E-state index >= 15 is 0 Å². The number of amides is 1. The number of hydrogen-bond acceptors (Lipinski definition) is 3. The molecule has 0 fully saturated rings. The topological polar surface area (TPSA) is 92.4 Å². The summed E-state index contributed by atoms with van der Waals surface area (Å²) in [7, 11) is 0. The van der Waals surface area contributed by atoms with Gasteiger partial charge in [-0.1, -0.05) is 30.3 Å². The highest BCUT2D eigenvalue weighted by Crippen LogP contribution is 2.17. The van der Waals surface area contributed by atoms with Crippen molar-refractivity contribution in [3.05, 3.63) is 35.9 Å². The molecule has 5 heteroatoms. The van der Waals surface area contributed by atoms with E-state index in [-0.39, 0.29) is 19.0 Å². The number of carboxylic acid groups (broad SMARTS) is 1. The van der Waals surface area contributed by atoms with E-state index in [1.165, 1.54) is 0 Å². The third-order valence-electron chi connectivity index (χ3n) is 3.09. The normalized spacial score (nSPS) is 12.8. The number of carbonyl (C=O) groups excluding carboxylic acids is 1. The predicted octanol–water partition coefficient (Wildman–Crippen LogP) is 0.956. The van der Waals surface area contributed by atoms with Gasteiger partial charge in [0.2, 0.25) is 5.91 Å². The van der Waals surface area contributed by atoms with Crippen molar-refractivity contribution >= 4 is 11.9 Å². The van der Waals surface area contributed by atoms with Crippen molar-refractivity contribution in [2.24, 2.45) is 11.1 Å². The second-order valence-corrected chi connectivity index (χ2v) is 5.10. The van der Waals surface area contributed by atoms with Crippen LogP contribution >= 0.6 is 0 Å². The fourth-order valence-corrected chi connectivity index (χ4v) is 1.56. The number of nitrogens with one attached hydrogen (secondary N) is 1. The van der Waals surface area contributed by atoms with Gasteiger partial charge in [0.1, 0.15) is 0 Å². The summed E-state index contributed by atoms with van der Waals surface area (Å²) in [6, 6.07) is 8.84. The minimum absolute atomic E-state index is 0.0572. The summed E-state index contributed by atoms with van der Waals surface area (Å²) in [5.41, 5.74) is 5.48. The Hall–Kier alpha value is -1.88. The molecule has 0 saturated carbocycles. The fraction of sp³-hybridized carbons (Fsp3) is 0.429. The molecule has 0 aliphatic carbocycles. The molecule has 1 rings (SSSR count). The van der Waals surface area contributed by atoms with Gasteiger partial charge in [-0.25, -0.2) is 0 Å². The number of benzene rings is 1. The molecule has 1 aromatic carbocycles. The molecule has 0 aliphatic rings. The zero-order valence-electron chi connectivity index (χ0n) is 11.2. The van der Waals surface area contributed by atoms with E-state index in [4.69, 9.17) is 5.73 Å². The molecule has 19 heavy (non-hydrogen) atoms. The quantitative estimate of drug-likeness (QED) is 0.713. The first-order chi connectivity index (χ1) is 8.88. The predicted molar refractivity (Wildman–Crippen MR) is 72.7 cm³/mol. The Bertz CT molecular complexity index is 443. The van der Waals surface area contributed by atoms with Gasteiger partial charge >= 0.3 is 5.97 Å². The van der Waals surface area contributed by atoms with Gasteiger partial charge in [-0.2, -0.15) is 0 Å². The van der Waals surface area contributed by atoms with Gasteiger partial charge in [-0.05, 0) is 19.4 Å². The Balaban J connectivity index is 2.72. The molecular formula is C14H20N2O3. The van der Waals surface area contributed by atoms with Crippen LogP contribution in [0.4, 0.5) is 0 Å². The molecule has 0 bridgehead atoms. The van der Waals surface area contributed by atoms with Crippen LogP contribution < -0.4 is 11.1 Å². The first-order valence-electron chi connectivity index (χ1n) is 6.14. The molecular weight excluding hydrogens is 244 g/mol. The first kappa shape index (κ1) is 15.2. The highest BCUT2D eigenvalue weighted by atomic mass is 16.4. The van der Waals surface area contributed by atoms with Gasteiger partial charge in [0.15, 0.2) is 0 Å². The minimum Gasteiger partial charge on any atom is -0.481 e. The van der Waals surface area contributed by atoms with Crippen LogP contribution in [0.3, 0.4) is 0 Å². The van der Waals surface area contributed by atoms with E-state index in [1.54, 1.807) is 38.1 Å². The Morgan fingerprint density at radius 1 is 1.32 bits per heavy atom. The van der Waals surface area contributed by atoms with Crippen LogP contribution in [0.25, 0.3) is 0 Å².